The molecule has 6 nitrogen and oxygen atoms in total. The fraction of sp³-hybridized carbons (Fsp3) is 0.857. The van der Waals surface area contributed by atoms with Crippen LogP contribution in [0.25, 0.3) is 0 Å². The van der Waals surface area contributed by atoms with Gasteiger partial charge < -0.3 is 19.9 Å². The quantitative estimate of drug-likeness (QED) is 0.712. The Labute approximate surface area is 120 Å². The molecule has 1 atom stereocenters. The van der Waals surface area contributed by atoms with Crippen LogP contribution >= 0.6 is 0 Å². The van der Waals surface area contributed by atoms with Crippen LogP contribution in [0.5, 0.6) is 0 Å². The lowest BCUT2D eigenvalue weighted by atomic mass is 10.1. The van der Waals surface area contributed by atoms with E-state index in [1.807, 2.05) is 11.8 Å². The first-order chi connectivity index (χ1) is 9.74. The number of piperazine rings is 1. The van der Waals surface area contributed by atoms with Crippen molar-refractivity contribution in [3.8, 4) is 0 Å². The molecule has 2 aliphatic rings. The molecule has 2 heterocycles. The Morgan fingerprint density at radius 2 is 2.00 bits per heavy atom. The third kappa shape index (κ3) is 3.70. The van der Waals surface area contributed by atoms with E-state index in [1.165, 1.54) is 0 Å². The molecular weight excluding hydrogens is 258 g/mol. The number of carbonyl (C=O) groups is 2. The molecule has 6 heteroatoms. The number of ether oxygens (including phenoxy) is 1. The molecule has 0 spiro atoms. The summed E-state index contributed by atoms with van der Waals surface area (Å²) in [5, 5.41) is 3.24. The molecule has 0 aromatic rings. The molecule has 2 aliphatic heterocycles. The van der Waals surface area contributed by atoms with Crippen LogP contribution < -0.4 is 5.32 Å². The molecule has 2 fully saturated rings. The van der Waals surface area contributed by atoms with Gasteiger partial charge in [0.05, 0.1) is 13.0 Å². The summed E-state index contributed by atoms with van der Waals surface area (Å²) in [6, 6.07) is -0.248. The first kappa shape index (κ1) is 15.3. The zero-order valence-electron chi connectivity index (χ0n) is 12.3. The van der Waals surface area contributed by atoms with E-state index in [-0.39, 0.29) is 17.9 Å². The second-order valence-corrected chi connectivity index (χ2v) is 5.27. The van der Waals surface area contributed by atoms with E-state index < -0.39 is 0 Å². The number of likely N-dealkylation sites (tertiary alicyclic amines) is 1. The minimum atomic E-state index is -0.248. The standard InChI is InChI=1S/C14H25N3O3/c1-2-20-11-5-13(18)17-8-3-4-12(17)14(19)16-9-6-15-7-10-16/h12,15H,2-11H2,1H3. The van der Waals surface area contributed by atoms with Gasteiger partial charge >= 0.3 is 0 Å². The lowest BCUT2D eigenvalue weighted by molar-refractivity contribution is -0.144. The van der Waals surface area contributed by atoms with Crippen LogP contribution in [0.4, 0.5) is 0 Å². The molecule has 0 aromatic carbocycles. The maximum atomic E-state index is 12.5. The third-order valence-corrected chi connectivity index (χ3v) is 3.95. The summed E-state index contributed by atoms with van der Waals surface area (Å²) in [5.74, 6) is 0.165. The molecule has 0 saturated carbocycles. The summed E-state index contributed by atoms with van der Waals surface area (Å²) < 4.78 is 5.22. The fourth-order valence-electron chi connectivity index (χ4n) is 2.87. The fourth-order valence-corrected chi connectivity index (χ4v) is 2.87. The SMILES string of the molecule is CCOCCC(=O)N1CCCC1C(=O)N1CCNCC1. The highest BCUT2D eigenvalue weighted by Gasteiger charge is 2.36. The van der Waals surface area contributed by atoms with Gasteiger partial charge in [0.15, 0.2) is 0 Å². The van der Waals surface area contributed by atoms with E-state index >= 15 is 0 Å². The van der Waals surface area contributed by atoms with Crippen molar-refractivity contribution in [2.24, 2.45) is 0 Å². The average Bonchev–Trinajstić information content (AvgIpc) is 2.97. The van der Waals surface area contributed by atoms with Gasteiger partial charge in [-0.1, -0.05) is 0 Å². The zero-order valence-corrected chi connectivity index (χ0v) is 12.3. The molecule has 114 valence electrons. The van der Waals surface area contributed by atoms with E-state index in [0.717, 1.165) is 39.0 Å². The third-order valence-electron chi connectivity index (χ3n) is 3.95. The summed E-state index contributed by atoms with van der Waals surface area (Å²) in [6.07, 6.45) is 2.09. The van der Waals surface area contributed by atoms with Crippen molar-refractivity contribution in [3.05, 3.63) is 0 Å². The Balaban J connectivity index is 1.88. The van der Waals surface area contributed by atoms with E-state index in [2.05, 4.69) is 5.32 Å². The van der Waals surface area contributed by atoms with Gasteiger partial charge in [-0.05, 0) is 19.8 Å². The first-order valence-corrected chi connectivity index (χ1v) is 7.60. The molecule has 2 rings (SSSR count). The van der Waals surface area contributed by atoms with Gasteiger partial charge in [-0.25, -0.2) is 0 Å². The highest BCUT2D eigenvalue weighted by molar-refractivity contribution is 5.88. The van der Waals surface area contributed by atoms with Crippen molar-refractivity contribution >= 4 is 11.8 Å². The number of rotatable bonds is 5. The smallest absolute Gasteiger partial charge is 0.245 e. The van der Waals surface area contributed by atoms with Crippen LogP contribution in [0, 0.1) is 0 Å². The van der Waals surface area contributed by atoms with Crippen LogP contribution in [-0.2, 0) is 14.3 Å². The molecular formula is C14H25N3O3. The number of nitrogens with one attached hydrogen (secondary N) is 1. The van der Waals surface area contributed by atoms with Crippen molar-refractivity contribution in [2.75, 3.05) is 45.9 Å². The van der Waals surface area contributed by atoms with Gasteiger partial charge in [-0.2, -0.15) is 0 Å². The van der Waals surface area contributed by atoms with E-state index in [0.29, 0.717) is 26.2 Å². The van der Waals surface area contributed by atoms with Crippen molar-refractivity contribution in [2.45, 2.75) is 32.2 Å². The number of hydrogen-bond acceptors (Lipinski definition) is 4. The monoisotopic (exact) mass is 283 g/mol. The van der Waals surface area contributed by atoms with Gasteiger partial charge in [0.1, 0.15) is 6.04 Å². The Bertz CT molecular complexity index is 343. The number of carbonyl (C=O) groups excluding carboxylic acids is 2. The number of hydrogen-bond donors (Lipinski definition) is 1. The lowest BCUT2D eigenvalue weighted by Crippen LogP contribution is -2.53. The molecule has 20 heavy (non-hydrogen) atoms. The van der Waals surface area contributed by atoms with Crippen LogP contribution in [0.15, 0.2) is 0 Å². The second-order valence-electron chi connectivity index (χ2n) is 5.27. The molecule has 1 unspecified atom stereocenters. The molecule has 1 N–H and O–H groups in total. The van der Waals surface area contributed by atoms with Gasteiger partial charge in [-0.15, -0.1) is 0 Å². The second kappa shape index (κ2) is 7.59. The largest absolute Gasteiger partial charge is 0.381 e. The van der Waals surface area contributed by atoms with Crippen LogP contribution in [0.2, 0.25) is 0 Å². The van der Waals surface area contributed by atoms with E-state index in [4.69, 9.17) is 4.74 Å². The molecule has 0 aromatic heterocycles. The topological polar surface area (TPSA) is 61.9 Å². The van der Waals surface area contributed by atoms with Gasteiger partial charge in [0, 0.05) is 39.3 Å². The van der Waals surface area contributed by atoms with Crippen LogP contribution in [0.1, 0.15) is 26.2 Å². The van der Waals surface area contributed by atoms with Crippen molar-refractivity contribution in [3.63, 3.8) is 0 Å². The first-order valence-electron chi connectivity index (χ1n) is 7.60. The molecule has 2 saturated heterocycles. The van der Waals surface area contributed by atoms with Crippen molar-refractivity contribution in [1.82, 2.24) is 15.1 Å². The molecule has 2 amide bonds. The Morgan fingerprint density at radius 3 is 2.70 bits per heavy atom. The summed E-state index contributed by atoms with van der Waals surface area (Å²) in [5.41, 5.74) is 0. The molecule has 0 aliphatic carbocycles. The molecule has 0 bridgehead atoms. The van der Waals surface area contributed by atoms with Gasteiger partial charge in [0.2, 0.25) is 11.8 Å². The maximum Gasteiger partial charge on any atom is 0.245 e. The Hall–Kier alpha value is -1.14. The molecule has 0 radical (unpaired) electrons. The Morgan fingerprint density at radius 1 is 1.25 bits per heavy atom. The number of amides is 2. The van der Waals surface area contributed by atoms with Gasteiger partial charge in [-0.3, -0.25) is 9.59 Å². The summed E-state index contributed by atoms with van der Waals surface area (Å²) in [6.45, 7) is 6.86. The van der Waals surface area contributed by atoms with E-state index in [9.17, 15) is 9.59 Å². The minimum Gasteiger partial charge on any atom is -0.381 e. The lowest BCUT2D eigenvalue weighted by Gasteiger charge is -2.33. The van der Waals surface area contributed by atoms with E-state index in [1.54, 1.807) is 4.90 Å². The Kier molecular flexibility index (Phi) is 5.79. The summed E-state index contributed by atoms with van der Waals surface area (Å²) in [4.78, 5) is 28.3. The maximum absolute atomic E-state index is 12.5. The predicted molar refractivity (Wildman–Crippen MR) is 75.3 cm³/mol. The summed E-state index contributed by atoms with van der Waals surface area (Å²) >= 11 is 0. The normalized spacial score (nSPS) is 23.1. The zero-order chi connectivity index (χ0) is 14.4. The highest BCUT2D eigenvalue weighted by atomic mass is 16.5. The van der Waals surface area contributed by atoms with Gasteiger partial charge in [0.25, 0.3) is 0 Å². The van der Waals surface area contributed by atoms with Crippen molar-refractivity contribution < 1.29 is 14.3 Å². The van der Waals surface area contributed by atoms with Crippen LogP contribution in [0.3, 0.4) is 0 Å². The number of nitrogens with zero attached hydrogens (tertiary/aromatic N) is 2. The average molecular weight is 283 g/mol. The van der Waals surface area contributed by atoms with Crippen LogP contribution in [-0.4, -0.2) is 73.6 Å². The minimum absolute atomic E-state index is 0.0458. The predicted octanol–water partition coefficient (Wildman–Crippen LogP) is -0.164. The summed E-state index contributed by atoms with van der Waals surface area (Å²) in [7, 11) is 0. The van der Waals surface area contributed by atoms with Crippen molar-refractivity contribution in [1.29, 1.82) is 0 Å². The highest BCUT2D eigenvalue weighted by Crippen LogP contribution is 2.20.